The van der Waals surface area contributed by atoms with Crippen LogP contribution in [0.15, 0.2) is 23.4 Å². The van der Waals surface area contributed by atoms with Crippen LogP contribution in [0.25, 0.3) is 0 Å². The zero-order chi connectivity index (χ0) is 15.3. The van der Waals surface area contributed by atoms with Crippen LogP contribution in [0.2, 0.25) is 0 Å². The predicted molar refractivity (Wildman–Crippen MR) is 74.3 cm³/mol. The Labute approximate surface area is 118 Å². The number of nitrogens with two attached hydrogens (primary N) is 1. The van der Waals surface area contributed by atoms with Gasteiger partial charge in [-0.2, -0.15) is 4.31 Å². The minimum atomic E-state index is -3.84. The lowest BCUT2D eigenvalue weighted by Gasteiger charge is -2.23. The van der Waals surface area contributed by atoms with Crippen LogP contribution in [0.4, 0.5) is 4.39 Å². The fraction of sp³-hybridized carbons (Fsp3) is 0.500. The number of pyridine rings is 1. The molecule has 6 nitrogen and oxygen atoms in total. The molecule has 3 N–H and O–H groups in total. The summed E-state index contributed by atoms with van der Waals surface area (Å²) in [6.45, 7) is 4.11. The molecule has 0 saturated carbocycles. The summed E-state index contributed by atoms with van der Waals surface area (Å²) in [6, 6.07) is 0.934. The van der Waals surface area contributed by atoms with Crippen molar-refractivity contribution in [2.45, 2.75) is 25.2 Å². The molecule has 0 saturated heterocycles. The average molecular weight is 302 g/mol. The first-order valence-corrected chi connectivity index (χ1v) is 7.61. The van der Waals surface area contributed by atoms with Gasteiger partial charge in [0.15, 0.2) is 0 Å². The molecular formula is C12H19FN4O2S. The van der Waals surface area contributed by atoms with Crippen molar-refractivity contribution in [3.63, 3.8) is 0 Å². The molecule has 0 spiro atoms. The van der Waals surface area contributed by atoms with Gasteiger partial charge in [-0.05, 0) is 12.0 Å². The van der Waals surface area contributed by atoms with Gasteiger partial charge < -0.3 is 5.73 Å². The third kappa shape index (κ3) is 4.53. The van der Waals surface area contributed by atoms with Crippen molar-refractivity contribution in [1.29, 1.82) is 5.41 Å². The van der Waals surface area contributed by atoms with Gasteiger partial charge in [0.1, 0.15) is 10.7 Å². The Morgan fingerprint density at radius 1 is 1.50 bits per heavy atom. The molecule has 1 rings (SSSR count). The van der Waals surface area contributed by atoms with Crippen molar-refractivity contribution in [2.75, 3.05) is 13.1 Å². The van der Waals surface area contributed by atoms with Crippen LogP contribution in [0.1, 0.15) is 20.3 Å². The monoisotopic (exact) mass is 302 g/mol. The molecule has 112 valence electrons. The van der Waals surface area contributed by atoms with E-state index in [1.54, 1.807) is 0 Å². The van der Waals surface area contributed by atoms with Crippen molar-refractivity contribution >= 4 is 15.9 Å². The molecule has 8 heteroatoms. The van der Waals surface area contributed by atoms with E-state index in [-0.39, 0.29) is 36.2 Å². The molecule has 0 bridgehead atoms. The highest BCUT2D eigenvalue weighted by Gasteiger charge is 2.25. The molecule has 0 amide bonds. The van der Waals surface area contributed by atoms with Gasteiger partial charge in [-0.15, -0.1) is 0 Å². The Hall–Kier alpha value is -1.54. The summed E-state index contributed by atoms with van der Waals surface area (Å²) in [5, 5.41) is 7.20. The number of aromatic nitrogens is 1. The summed E-state index contributed by atoms with van der Waals surface area (Å²) >= 11 is 0. The highest BCUT2D eigenvalue weighted by molar-refractivity contribution is 7.89. The fourth-order valence-electron chi connectivity index (χ4n) is 1.64. The van der Waals surface area contributed by atoms with Crippen LogP contribution >= 0.6 is 0 Å². The fourth-order valence-corrected chi connectivity index (χ4v) is 3.22. The van der Waals surface area contributed by atoms with Gasteiger partial charge in [-0.25, -0.2) is 12.8 Å². The third-order valence-corrected chi connectivity index (χ3v) is 4.35. The minimum Gasteiger partial charge on any atom is -0.388 e. The highest BCUT2D eigenvalue weighted by Crippen LogP contribution is 2.17. The summed E-state index contributed by atoms with van der Waals surface area (Å²) < 4.78 is 39.2. The van der Waals surface area contributed by atoms with E-state index in [1.165, 1.54) is 4.31 Å². The van der Waals surface area contributed by atoms with Crippen LogP contribution in [0.3, 0.4) is 0 Å². The molecule has 0 atom stereocenters. The van der Waals surface area contributed by atoms with Crippen molar-refractivity contribution in [2.24, 2.45) is 11.7 Å². The quantitative estimate of drug-likeness (QED) is 0.583. The number of nitrogens with zero attached hydrogens (tertiary/aromatic N) is 2. The SMILES string of the molecule is CC(C)CN(CCC(=N)N)S(=O)(=O)c1cncc(F)c1. The van der Waals surface area contributed by atoms with E-state index in [4.69, 9.17) is 11.1 Å². The molecule has 0 fully saturated rings. The van der Waals surface area contributed by atoms with Crippen molar-refractivity contribution in [3.8, 4) is 0 Å². The molecule has 1 aromatic heterocycles. The summed E-state index contributed by atoms with van der Waals surface area (Å²) in [5.41, 5.74) is 5.27. The normalized spacial score (nSPS) is 12.1. The van der Waals surface area contributed by atoms with E-state index in [9.17, 15) is 12.8 Å². The Bertz CT molecular complexity index is 575. The molecule has 0 unspecified atom stereocenters. The third-order valence-electron chi connectivity index (χ3n) is 2.52. The first-order valence-electron chi connectivity index (χ1n) is 6.17. The molecule has 0 aliphatic rings. The number of halogens is 1. The van der Waals surface area contributed by atoms with E-state index in [1.807, 2.05) is 13.8 Å². The predicted octanol–water partition coefficient (Wildman–Crippen LogP) is 1.19. The number of nitrogens with one attached hydrogen (secondary N) is 1. The summed E-state index contributed by atoms with van der Waals surface area (Å²) in [6.07, 6.45) is 2.19. The second-order valence-corrected chi connectivity index (χ2v) is 6.81. The number of hydrogen-bond donors (Lipinski definition) is 2. The number of amidine groups is 1. The van der Waals surface area contributed by atoms with Gasteiger partial charge in [-0.1, -0.05) is 13.8 Å². The van der Waals surface area contributed by atoms with Crippen molar-refractivity contribution in [3.05, 3.63) is 24.3 Å². The lowest BCUT2D eigenvalue weighted by Crippen LogP contribution is -2.36. The van der Waals surface area contributed by atoms with E-state index >= 15 is 0 Å². The Kier molecular flexibility index (Phi) is 5.58. The number of sulfonamides is 1. The molecule has 0 aliphatic carbocycles. The molecular weight excluding hydrogens is 283 g/mol. The Morgan fingerprint density at radius 3 is 2.65 bits per heavy atom. The maximum Gasteiger partial charge on any atom is 0.244 e. The van der Waals surface area contributed by atoms with Crippen LogP contribution in [0.5, 0.6) is 0 Å². The van der Waals surface area contributed by atoms with Gasteiger partial charge in [0.25, 0.3) is 0 Å². The average Bonchev–Trinajstić information content (AvgIpc) is 2.33. The lowest BCUT2D eigenvalue weighted by molar-refractivity contribution is 0.373. The number of hydrogen-bond acceptors (Lipinski definition) is 4. The van der Waals surface area contributed by atoms with Gasteiger partial charge in [0, 0.05) is 25.7 Å². The molecule has 0 aromatic carbocycles. The second-order valence-electron chi connectivity index (χ2n) is 4.87. The van der Waals surface area contributed by atoms with Crippen LogP contribution in [-0.2, 0) is 10.0 Å². The van der Waals surface area contributed by atoms with Crippen LogP contribution < -0.4 is 5.73 Å². The Morgan fingerprint density at radius 2 is 2.15 bits per heavy atom. The first-order chi connectivity index (χ1) is 9.23. The smallest absolute Gasteiger partial charge is 0.244 e. The van der Waals surface area contributed by atoms with E-state index in [0.29, 0.717) is 0 Å². The highest BCUT2D eigenvalue weighted by atomic mass is 32.2. The van der Waals surface area contributed by atoms with E-state index in [0.717, 1.165) is 18.5 Å². The van der Waals surface area contributed by atoms with Crippen LogP contribution in [0, 0.1) is 17.1 Å². The lowest BCUT2D eigenvalue weighted by atomic mass is 10.2. The maximum absolute atomic E-state index is 13.1. The molecule has 0 radical (unpaired) electrons. The van der Waals surface area contributed by atoms with E-state index in [2.05, 4.69) is 4.98 Å². The molecule has 1 heterocycles. The molecule has 20 heavy (non-hydrogen) atoms. The number of rotatable bonds is 7. The largest absolute Gasteiger partial charge is 0.388 e. The van der Waals surface area contributed by atoms with Gasteiger partial charge in [0.05, 0.1) is 12.0 Å². The second kappa shape index (κ2) is 6.76. The van der Waals surface area contributed by atoms with Gasteiger partial charge in [-0.3, -0.25) is 10.4 Å². The van der Waals surface area contributed by atoms with Gasteiger partial charge >= 0.3 is 0 Å². The minimum absolute atomic E-state index is 0.0896. The molecule has 1 aromatic rings. The zero-order valence-corrected chi connectivity index (χ0v) is 12.3. The van der Waals surface area contributed by atoms with Gasteiger partial charge in [0.2, 0.25) is 10.0 Å². The topological polar surface area (TPSA) is 100 Å². The zero-order valence-electron chi connectivity index (χ0n) is 11.5. The van der Waals surface area contributed by atoms with Crippen LogP contribution in [-0.4, -0.2) is 36.6 Å². The first kappa shape index (κ1) is 16.5. The Balaban J connectivity index is 3.06. The summed E-state index contributed by atoms with van der Waals surface area (Å²) in [7, 11) is -3.84. The van der Waals surface area contributed by atoms with Crippen molar-refractivity contribution < 1.29 is 12.8 Å². The summed E-state index contributed by atoms with van der Waals surface area (Å²) in [4.78, 5) is 3.37. The van der Waals surface area contributed by atoms with Crippen molar-refractivity contribution in [1.82, 2.24) is 9.29 Å². The maximum atomic E-state index is 13.1. The molecule has 0 aliphatic heterocycles. The standard InChI is InChI=1S/C12H19FN4O2S/c1-9(2)8-17(4-3-12(14)15)20(18,19)11-5-10(13)6-16-7-11/h5-7,9H,3-4,8H2,1-2H3,(H3,14,15). The van der Waals surface area contributed by atoms with E-state index < -0.39 is 15.8 Å². The summed E-state index contributed by atoms with van der Waals surface area (Å²) in [5.74, 6) is -0.702.